The van der Waals surface area contributed by atoms with E-state index < -0.39 is 10.0 Å². The number of rotatable bonds is 5. The molecule has 1 aliphatic rings. The lowest BCUT2D eigenvalue weighted by Crippen LogP contribution is -2.47. The summed E-state index contributed by atoms with van der Waals surface area (Å²) in [6, 6.07) is 13.6. The smallest absolute Gasteiger partial charge is 0.308 e. The summed E-state index contributed by atoms with van der Waals surface area (Å²) in [4.78, 5) is 12.6. The Hall–Kier alpha value is -2.38. The predicted octanol–water partition coefficient (Wildman–Crippen LogP) is 4.84. The minimum Gasteiger partial charge on any atom is -0.308 e. The molecule has 2 amide bonds. The van der Waals surface area contributed by atoms with Gasteiger partial charge in [0.25, 0.3) is 0 Å². The SMILES string of the molecule is CCc1ccccc1NC(=O)Nc1ccc(S(=O)(=O)N2[C@H](C)CCC[C@@H]2C)cc1. The topological polar surface area (TPSA) is 78.5 Å². The number of benzene rings is 2. The molecule has 1 heterocycles. The molecule has 2 N–H and O–H groups in total. The molecular weight excluding hydrogens is 386 g/mol. The minimum absolute atomic E-state index is 0.00837. The number of amides is 2. The number of sulfonamides is 1. The molecule has 0 unspecified atom stereocenters. The van der Waals surface area contributed by atoms with Gasteiger partial charge >= 0.3 is 6.03 Å². The third-order valence-electron chi connectivity index (χ3n) is 5.45. The van der Waals surface area contributed by atoms with Crippen molar-refractivity contribution in [1.29, 1.82) is 0 Å². The van der Waals surface area contributed by atoms with Crippen molar-refractivity contribution < 1.29 is 13.2 Å². The van der Waals surface area contributed by atoms with E-state index in [2.05, 4.69) is 10.6 Å². The van der Waals surface area contributed by atoms with Crippen molar-refractivity contribution in [2.75, 3.05) is 10.6 Å². The maximum Gasteiger partial charge on any atom is 0.323 e. The summed E-state index contributed by atoms with van der Waals surface area (Å²) in [5.41, 5.74) is 2.35. The van der Waals surface area contributed by atoms with E-state index in [-0.39, 0.29) is 23.0 Å². The van der Waals surface area contributed by atoms with Gasteiger partial charge in [-0.1, -0.05) is 31.5 Å². The Morgan fingerprint density at radius 2 is 1.62 bits per heavy atom. The van der Waals surface area contributed by atoms with Gasteiger partial charge in [-0.05, 0) is 69.0 Å². The summed E-state index contributed by atoms with van der Waals surface area (Å²) in [5.74, 6) is 0. The number of urea groups is 1. The van der Waals surface area contributed by atoms with Crippen LogP contribution in [0.25, 0.3) is 0 Å². The highest BCUT2D eigenvalue weighted by atomic mass is 32.2. The largest absolute Gasteiger partial charge is 0.323 e. The van der Waals surface area contributed by atoms with Gasteiger partial charge in [0.2, 0.25) is 10.0 Å². The van der Waals surface area contributed by atoms with E-state index in [0.717, 1.165) is 36.9 Å². The second-order valence-corrected chi connectivity index (χ2v) is 9.42. The zero-order valence-electron chi connectivity index (χ0n) is 17.2. The van der Waals surface area contributed by atoms with Gasteiger partial charge in [-0.2, -0.15) is 4.31 Å². The lowest BCUT2D eigenvalue weighted by atomic mass is 10.0. The van der Waals surface area contributed by atoms with Gasteiger partial charge in [-0.3, -0.25) is 0 Å². The molecule has 0 spiro atoms. The summed E-state index contributed by atoms with van der Waals surface area (Å²) in [6.45, 7) is 5.95. The van der Waals surface area contributed by atoms with E-state index in [4.69, 9.17) is 0 Å². The Bertz CT molecular complexity index is 948. The molecule has 1 saturated heterocycles. The molecule has 3 rings (SSSR count). The molecule has 29 heavy (non-hydrogen) atoms. The van der Waals surface area contributed by atoms with Crippen LogP contribution in [-0.2, 0) is 16.4 Å². The van der Waals surface area contributed by atoms with Crippen LogP contribution < -0.4 is 10.6 Å². The molecule has 1 aliphatic heterocycles. The monoisotopic (exact) mass is 415 g/mol. The molecule has 7 heteroatoms. The van der Waals surface area contributed by atoms with Crippen molar-refractivity contribution in [2.45, 2.75) is 63.4 Å². The highest BCUT2D eigenvalue weighted by Crippen LogP contribution is 2.30. The minimum atomic E-state index is -3.56. The lowest BCUT2D eigenvalue weighted by molar-refractivity contribution is 0.204. The van der Waals surface area contributed by atoms with Crippen molar-refractivity contribution in [3.63, 3.8) is 0 Å². The number of anilines is 2. The van der Waals surface area contributed by atoms with E-state index in [1.807, 2.05) is 45.0 Å². The predicted molar refractivity (Wildman–Crippen MR) is 117 cm³/mol. The van der Waals surface area contributed by atoms with Crippen molar-refractivity contribution in [2.24, 2.45) is 0 Å². The molecule has 0 aliphatic carbocycles. The number of nitrogens with zero attached hydrogens (tertiary/aromatic N) is 1. The van der Waals surface area contributed by atoms with Crippen LogP contribution >= 0.6 is 0 Å². The van der Waals surface area contributed by atoms with Crippen molar-refractivity contribution in [3.8, 4) is 0 Å². The summed E-state index contributed by atoms with van der Waals surface area (Å²) >= 11 is 0. The quantitative estimate of drug-likeness (QED) is 0.733. The normalized spacial score (nSPS) is 20.2. The zero-order chi connectivity index (χ0) is 21.0. The second kappa shape index (κ2) is 8.97. The van der Waals surface area contributed by atoms with Gasteiger partial charge in [-0.15, -0.1) is 0 Å². The van der Waals surface area contributed by atoms with E-state index in [1.54, 1.807) is 28.6 Å². The van der Waals surface area contributed by atoms with Gasteiger partial charge in [0, 0.05) is 23.5 Å². The molecule has 2 aromatic rings. The molecule has 2 atom stereocenters. The van der Waals surface area contributed by atoms with Gasteiger partial charge in [0.15, 0.2) is 0 Å². The average Bonchev–Trinajstić information content (AvgIpc) is 2.68. The molecule has 0 radical (unpaired) electrons. The van der Waals surface area contributed by atoms with E-state index >= 15 is 0 Å². The number of carbonyl (C=O) groups excluding carboxylic acids is 1. The molecular formula is C22H29N3O3S. The van der Waals surface area contributed by atoms with Gasteiger partial charge < -0.3 is 10.6 Å². The van der Waals surface area contributed by atoms with Crippen LogP contribution in [0.5, 0.6) is 0 Å². The first kappa shape index (κ1) is 21.3. The molecule has 6 nitrogen and oxygen atoms in total. The van der Waals surface area contributed by atoms with Gasteiger partial charge in [-0.25, -0.2) is 13.2 Å². The fraction of sp³-hybridized carbons (Fsp3) is 0.409. The zero-order valence-corrected chi connectivity index (χ0v) is 18.0. The van der Waals surface area contributed by atoms with Crippen LogP contribution in [0.1, 0.15) is 45.6 Å². The summed E-state index contributed by atoms with van der Waals surface area (Å²) in [7, 11) is -3.56. The molecule has 2 aromatic carbocycles. The highest BCUT2D eigenvalue weighted by Gasteiger charge is 2.35. The average molecular weight is 416 g/mol. The Balaban J connectivity index is 1.70. The van der Waals surface area contributed by atoms with Crippen LogP contribution in [0.4, 0.5) is 16.2 Å². The third-order valence-corrected chi connectivity index (χ3v) is 7.59. The third kappa shape index (κ3) is 4.79. The first-order valence-corrected chi connectivity index (χ1v) is 11.6. The first-order chi connectivity index (χ1) is 13.8. The first-order valence-electron chi connectivity index (χ1n) is 10.1. The Morgan fingerprint density at radius 1 is 1.00 bits per heavy atom. The number of hydrogen-bond donors (Lipinski definition) is 2. The summed E-state index contributed by atoms with van der Waals surface area (Å²) in [6.07, 6.45) is 3.62. The van der Waals surface area contributed by atoms with Crippen LogP contribution in [0.2, 0.25) is 0 Å². The Morgan fingerprint density at radius 3 is 2.24 bits per heavy atom. The standard InChI is InChI=1S/C22H29N3O3S/c1-4-18-10-5-6-11-21(18)24-22(26)23-19-12-14-20(15-13-19)29(27,28)25-16(2)8-7-9-17(25)3/h5-6,10-17H,4,7-9H2,1-3H3,(H2,23,24,26)/t16-,17+. The summed E-state index contributed by atoms with van der Waals surface area (Å²) < 4.78 is 27.8. The number of hydrogen-bond acceptors (Lipinski definition) is 3. The number of carbonyl (C=O) groups is 1. The number of piperidine rings is 1. The van der Waals surface area contributed by atoms with Crippen molar-refractivity contribution >= 4 is 27.4 Å². The second-order valence-electron chi connectivity index (χ2n) is 7.58. The van der Waals surface area contributed by atoms with E-state index in [9.17, 15) is 13.2 Å². The van der Waals surface area contributed by atoms with Crippen molar-refractivity contribution in [1.82, 2.24) is 4.31 Å². The van der Waals surface area contributed by atoms with Crippen LogP contribution in [0.3, 0.4) is 0 Å². The van der Waals surface area contributed by atoms with E-state index in [1.165, 1.54) is 0 Å². The number of nitrogens with one attached hydrogen (secondary N) is 2. The highest BCUT2D eigenvalue weighted by molar-refractivity contribution is 7.89. The Labute approximate surface area is 173 Å². The number of para-hydroxylation sites is 1. The number of aryl methyl sites for hydroxylation is 1. The molecule has 1 fully saturated rings. The maximum atomic E-state index is 13.1. The van der Waals surface area contributed by atoms with Crippen molar-refractivity contribution in [3.05, 3.63) is 54.1 Å². The van der Waals surface area contributed by atoms with Gasteiger partial charge in [0.1, 0.15) is 0 Å². The van der Waals surface area contributed by atoms with Gasteiger partial charge in [0.05, 0.1) is 4.90 Å². The fourth-order valence-corrected chi connectivity index (χ4v) is 5.82. The van der Waals surface area contributed by atoms with Crippen LogP contribution in [0.15, 0.2) is 53.4 Å². The molecule has 0 saturated carbocycles. The summed E-state index contributed by atoms with van der Waals surface area (Å²) in [5, 5.41) is 5.60. The molecule has 0 bridgehead atoms. The van der Waals surface area contributed by atoms with Crippen LogP contribution in [-0.4, -0.2) is 30.8 Å². The van der Waals surface area contributed by atoms with Crippen LogP contribution in [0, 0.1) is 0 Å². The maximum absolute atomic E-state index is 13.1. The fourth-order valence-electron chi connectivity index (χ4n) is 3.94. The molecule has 0 aromatic heterocycles. The Kier molecular flexibility index (Phi) is 6.59. The lowest BCUT2D eigenvalue weighted by Gasteiger charge is -2.37. The van der Waals surface area contributed by atoms with E-state index in [0.29, 0.717) is 5.69 Å². The molecule has 156 valence electrons.